The third-order valence-corrected chi connectivity index (χ3v) is 1.89. The molecule has 0 unspecified atom stereocenters. The molecule has 0 rings (SSSR count). The molecule has 0 aromatic rings. The molecular weight excluding hydrogens is 184 g/mol. The van der Waals surface area contributed by atoms with E-state index in [1.807, 2.05) is 30.2 Å². The molecule has 15 heavy (non-hydrogen) atoms. The van der Waals surface area contributed by atoms with Gasteiger partial charge in [0.15, 0.2) is 0 Å². The van der Waals surface area contributed by atoms with E-state index in [0.29, 0.717) is 0 Å². The van der Waals surface area contributed by atoms with Crippen LogP contribution >= 0.6 is 0 Å². The number of likely N-dealkylation sites (N-methyl/N-ethyl adjacent to an activating group) is 1. The fourth-order valence-electron chi connectivity index (χ4n) is 0.928. The van der Waals surface area contributed by atoms with Gasteiger partial charge >= 0.3 is 0 Å². The molecule has 0 aromatic heterocycles. The molecule has 0 heterocycles. The van der Waals surface area contributed by atoms with Crippen molar-refractivity contribution in [3.05, 3.63) is 61.1 Å². The molecule has 0 fully saturated rings. The Bertz CT molecular complexity index is 296. The molecule has 0 atom stereocenters. The van der Waals surface area contributed by atoms with Crippen LogP contribution in [0.15, 0.2) is 61.1 Å². The number of rotatable bonds is 6. The van der Waals surface area contributed by atoms with E-state index in [1.54, 1.807) is 6.20 Å². The monoisotopic (exact) mass is 204 g/mol. The van der Waals surface area contributed by atoms with Gasteiger partial charge in [-0.15, -0.1) is 0 Å². The molecule has 2 heteroatoms. The standard InChI is InChI=1S/C13H20N2/c1-5-6-7-8-9-12(2)13(3)15(4)11-10-14/h6-11H,2-3,5,14H2,1,4H3/b7-6-,9-8-,11-10-. The molecule has 2 nitrogen and oxygen atoms in total. The van der Waals surface area contributed by atoms with E-state index < -0.39 is 0 Å². The highest BCUT2D eigenvalue weighted by Crippen LogP contribution is 2.11. The van der Waals surface area contributed by atoms with E-state index in [4.69, 9.17) is 5.73 Å². The zero-order chi connectivity index (χ0) is 11.7. The third-order valence-electron chi connectivity index (χ3n) is 1.89. The highest BCUT2D eigenvalue weighted by molar-refractivity contribution is 5.36. The Balaban J connectivity index is 4.27. The number of allylic oxidation sites excluding steroid dienone is 4. The minimum atomic E-state index is 0.831. The lowest BCUT2D eigenvalue weighted by atomic mass is 10.2. The van der Waals surface area contributed by atoms with Crippen molar-refractivity contribution in [2.75, 3.05) is 7.05 Å². The number of hydrogen-bond donors (Lipinski definition) is 1. The first-order valence-electron chi connectivity index (χ1n) is 4.96. The van der Waals surface area contributed by atoms with Gasteiger partial charge in [-0.25, -0.2) is 0 Å². The largest absolute Gasteiger partial charge is 0.403 e. The third kappa shape index (κ3) is 5.57. The maximum absolute atomic E-state index is 5.28. The minimum absolute atomic E-state index is 0.831. The summed E-state index contributed by atoms with van der Waals surface area (Å²) in [4.78, 5) is 1.83. The molecule has 2 N–H and O–H groups in total. The molecule has 0 saturated carbocycles. The van der Waals surface area contributed by atoms with Gasteiger partial charge in [0.1, 0.15) is 0 Å². The average Bonchev–Trinajstić information content (AvgIpc) is 2.23. The summed E-state index contributed by atoms with van der Waals surface area (Å²) in [5, 5.41) is 0. The van der Waals surface area contributed by atoms with Gasteiger partial charge in [0.2, 0.25) is 0 Å². The highest BCUT2D eigenvalue weighted by Gasteiger charge is 1.98. The van der Waals surface area contributed by atoms with Crippen molar-refractivity contribution in [2.45, 2.75) is 13.3 Å². The van der Waals surface area contributed by atoms with E-state index in [0.717, 1.165) is 17.7 Å². The predicted molar refractivity (Wildman–Crippen MR) is 67.9 cm³/mol. The molecule has 0 bridgehead atoms. The Morgan fingerprint density at radius 1 is 1.33 bits per heavy atom. The Morgan fingerprint density at radius 3 is 2.53 bits per heavy atom. The minimum Gasteiger partial charge on any atom is -0.403 e. The summed E-state index contributed by atoms with van der Waals surface area (Å²) in [5.74, 6) is 0. The van der Waals surface area contributed by atoms with Crippen LogP contribution in [0.2, 0.25) is 0 Å². The first-order valence-corrected chi connectivity index (χ1v) is 4.96. The molecule has 0 aromatic carbocycles. The van der Waals surface area contributed by atoms with Gasteiger partial charge in [0.25, 0.3) is 0 Å². The van der Waals surface area contributed by atoms with E-state index >= 15 is 0 Å². The summed E-state index contributed by atoms with van der Waals surface area (Å²) >= 11 is 0. The lowest BCUT2D eigenvalue weighted by Crippen LogP contribution is -2.10. The highest BCUT2D eigenvalue weighted by atomic mass is 15.1. The predicted octanol–water partition coefficient (Wildman–Crippen LogP) is 2.94. The normalized spacial score (nSPS) is 11.6. The van der Waals surface area contributed by atoms with E-state index in [1.165, 1.54) is 6.20 Å². The van der Waals surface area contributed by atoms with Crippen LogP contribution in [-0.4, -0.2) is 11.9 Å². The van der Waals surface area contributed by atoms with Crippen LogP contribution in [0.1, 0.15) is 13.3 Å². The maximum Gasteiger partial charge on any atom is 0.0398 e. The molecule has 0 spiro atoms. The molecule has 82 valence electrons. The second-order valence-corrected chi connectivity index (χ2v) is 3.12. The molecule has 0 amide bonds. The second kappa shape index (κ2) is 7.68. The van der Waals surface area contributed by atoms with Crippen LogP contribution in [0.4, 0.5) is 0 Å². The Labute approximate surface area is 92.8 Å². The van der Waals surface area contributed by atoms with Gasteiger partial charge in [0.05, 0.1) is 0 Å². The number of nitrogens with zero attached hydrogens (tertiary/aromatic N) is 1. The lowest BCUT2D eigenvalue weighted by molar-refractivity contribution is 0.584. The molecular formula is C13H20N2. The quantitative estimate of drug-likeness (QED) is 0.674. The van der Waals surface area contributed by atoms with Crippen LogP contribution in [-0.2, 0) is 0 Å². The first kappa shape index (κ1) is 13.3. The molecule has 0 aliphatic heterocycles. The van der Waals surface area contributed by atoms with Gasteiger partial charge < -0.3 is 10.6 Å². The average molecular weight is 204 g/mol. The smallest absolute Gasteiger partial charge is 0.0398 e. The van der Waals surface area contributed by atoms with Crippen LogP contribution < -0.4 is 5.73 Å². The van der Waals surface area contributed by atoms with Crippen molar-refractivity contribution in [3.8, 4) is 0 Å². The summed E-state index contributed by atoms with van der Waals surface area (Å²) in [6.45, 7) is 9.93. The van der Waals surface area contributed by atoms with Gasteiger partial charge in [-0.05, 0) is 12.0 Å². The van der Waals surface area contributed by atoms with Crippen LogP contribution in [0.3, 0.4) is 0 Å². The van der Waals surface area contributed by atoms with Crippen LogP contribution in [0.5, 0.6) is 0 Å². The summed E-state index contributed by atoms with van der Waals surface area (Å²) in [6, 6.07) is 0. The topological polar surface area (TPSA) is 29.3 Å². The lowest BCUT2D eigenvalue weighted by Gasteiger charge is -2.16. The summed E-state index contributed by atoms with van der Waals surface area (Å²) in [5.41, 5.74) is 6.99. The summed E-state index contributed by atoms with van der Waals surface area (Å²) in [6.07, 6.45) is 12.2. The first-order chi connectivity index (χ1) is 7.13. The van der Waals surface area contributed by atoms with E-state index in [9.17, 15) is 0 Å². The molecule has 0 aliphatic carbocycles. The van der Waals surface area contributed by atoms with Crippen molar-refractivity contribution in [1.82, 2.24) is 4.90 Å². The van der Waals surface area contributed by atoms with Crippen LogP contribution in [0.25, 0.3) is 0 Å². The van der Waals surface area contributed by atoms with E-state index in [-0.39, 0.29) is 0 Å². The number of hydrogen-bond acceptors (Lipinski definition) is 2. The maximum atomic E-state index is 5.28. The van der Waals surface area contributed by atoms with Crippen molar-refractivity contribution in [2.24, 2.45) is 5.73 Å². The summed E-state index contributed by atoms with van der Waals surface area (Å²) < 4.78 is 0. The van der Waals surface area contributed by atoms with Crippen molar-refractivity contribution in [1.29, 1.82) is 0 Å². The van der Waals surface area contributed by atoms with Crippen molar-refractivity contribution < 1.29 is 0 Å². The zero-order valence-corrected chi connectivity index (χ0v) is 9.61. The SMILES string of the molecule is C=C(/C=C\C=C/CC)C(=C)N(C)/C=C\N. The fourth-order valence-corrected chi connectivity index (χ4v) is 0.928. The van der Waals surface area contributed by atoms with Gasteiger partial charge in [-0.3, -0.25) is 0 Å². The van der Waals surface area contributed by atoms with Crippen molar-refractivity contribution >= 4 is 0 Å². The molecule has 0 saturated heterocycles. The van der Waals surface area contributed by atoms with Gasteiger partial charge in [0, 0.05) is 25.1 Å². The molecule has 0 aliphatic rings. The van der Waals surface area contributed by atoms with E-state index in [2.05, 4.69) is 26.2 Å². The molecule has 0 radical (unpaired) electrons. The Morgan fingerprint density at radius 2 is 2.00 bits per heavy atom. The summed E-state index contributed by atoms with van der Waals surface area (Å²) in [7, 11) is 1.88. The van der Waals surface area contributed by atoms with Crippen molar-refractivity contribution in [3.63, 3.8) is 0 Å². The zero-order valence-electron chi connectivity index (χ0n) is 9.61. The second-order valence-electron chi connectivity index (χ2n) is 3.12. The van der Waals surface area contributed by atoms with Gasteiger partial charge in [-0.2, -0.15) is 0 Å². The fraction of sp³-hybridized carbons (Fsp3) is 0.231. The number of nitrogens with two attached hydrogens (primary N) is 1. The Hall–Kier alpha value is -1.70. The van der Waals surface area contributed by atoms with Gasteiger partial charge in [-0.1, -0.05) is 44.4 Å². The van der Waals surface area contributed by atoms with Crippen LogP contribution in [0, 0.1) is 0 Å². The Kier molecular flexibility index (Phi) is 6.81.